The lowest BCUT2D eigenvalue weighted by molar-refractivity contribution is 0.154. The number of nitrogens with zero attached hydrogens (tertiary/aromatic N) is 2. The fourth-order valence-corrected chi connectivity index (χ4v) is 4.38. The van der Waals surface area contributed by atoms with Gasteiger partial charge in [0.2, 0.25) is 0 Å². The molecule has 4 aromatic rings. The highest BCUT2D eigenvalue weighted by molar-refractivity contribution is 7.90. The Hall–Kier alpha value is -3.91. The van der Waals surface area contributed by atoms with E-state index in [4.69, 9.17) is 4.74 Å². The van der Waals surface area contributed by atoms with E-state index in [9.17, 15) is 13.2 Å². The Balaban J connectivity index is 1.35. The van der Waals surface area contributed by atoms with Crippen LogP contribution in [0.5, 0.6) is 0 Å². The van der Waals surface area contributed by atoms with Gasteiger partial charge in [-0.25, -0.2) is 22.6 Å². The zero-order valence-electron chi connectivity index (χ0n) is 18.9. The molecule has 1 aromatic heterocycles. The van der Waals surface area contributed by atoms with Gasteiger partial charge in [-0.05, 0) is 49.7 Å². The maximum absolute atomic E-state index is 12.3. The van der Waals surface area contributed by atoms with E-state index < -0.39 is 16.1 Å². The molecule has 1 amide bonds. The Morgan fingerprint density at radius 2 is 1.62 bits per heavy atom. The molecule has 0 fully saturated rings. The van der Waals surface area contributed by atoms with E-state index >= 15 is 0 Å². The monoisotopic (exact) mass is 475 g/mol. The van der Waals surface area contributed by atoms with Gasteiger partial charge in [-0.3, -0.25) is 0 Å². The van der Waals surface area contributed by atoms with Gasteiger partial charge >= 0.3 is 6.09 Å². The van der Waals surface area contributed by atoms with Gasteiger partial charge in [0.05, 0.1) is 28.6 Å². The lowest BCUT2D eigenvalue weighted by Crippen LogP contribution is -2.31. The number of carbonyl (C=O) groups excluding carboxylic acids is 1. The van der Waals surface area contributed by atoms with Crippen LogP contribution >= 0.6 is 0 Å². The van der Waals surface area contributed by atoms with E-state index in [1.807, 2.05) is 83.9 Å². The van der Waals surface area contributed by atoms with Gasteiger partial charge in [0.25, 0.3) is 10.0 Å². The number of amides is 1. The third-order valence-corrected chi connectivity index (χ3v) is 6.58. The topological polar surface area (TPSA) is 90.3 Å². The molecule has 0 spiro atoms. The smallest absolute Gasteiger partial charge is 0.421 e. The molecule has 0 radical (unpaired) electrons. The number of nitrogens with one attached hydrogen (secondary N) is 1. The lowest BCUT2D eigenvalue weighted by atomic mass is 10.1. The summed E-state index contributed by atoms with van der Waals surface area (Å²) >= 11 is 0. The van der Waals surface area contributed by atoms with Gasteiger partial charge in [0.15, 0.2) is 0 Å². The molecule has 1 N–H and O–H groups in total. The van der Waals surface area contributed by atoms with Crippen LogP contribution in [0.15, 0.2) is 89.8 Å². The molecule has 8 heteroatoms. The molecule has 0 aliphatic rings. The molecule has 7 nitrogen and oxygen atoms in total. The minimum absolute atomic E-state index is 0.00867. The Morgan fingerprint density at radius 3 is 2.29 bits per heavy atom. The van der Waals surface area contributed by atoms with Crippen molar-refractivity contribution in [2.24, 2.45) is 0 Å². The maximum Gasteiger partial charge on any atom is 0.421 e. The summed E-state index contributed by atoms with van der Waals surface area (Å²) < 4.78 is 33.4. The first-order valence-electron chi connectivity index (χ1n) is 10.8. The Kier molecular flexibility index (Phi) is 6.79. The predicted octanol–water partition coefficient (Wildman–Crippen LogP) is 4.81. The van der Waals surface area contributed by atoms with Gasteiger partial charge in [-0.15, -0.1) is 0 Å². The zero-order chi connectivity index (χ0) is 24.1. The van der Waals surface area contributed by atoms with Crippen molar-refractivity contribution in [3.63, 3.8) is 0 Å². The van der Waals surface area contributed by atoms with Crippen molar-refractivity contribution in [2.45, 2.75) is 25.2 Å². The van der Waals surface area contributed by atoms with Crippen molar-refractivity contribution in [1.29, 1.82) is 0 Å². The van der Waals surface area contributed by atoms with E-state index in [0.29, 0.717) is 6.42 Å². The number of rotatable bonds is 7. The van der Waals surface area contributed by atoms with Crippen molar-refractivity contribution >= 4 is 16.1 Å². The summed E-state index contributed by atoms with van der Waals surface area (Å²) in [5.41, 5.74) is 5.78. The predicted molar refractivity (Wildman–Crippen MR) is 130 cm³/mol. The summed E-state index contributed by atoms with van der Waals surface area (Å²) in [6, 6.07) is 26.1. The summed E-state index contributed by atoms with van der Waals surface area (Å²) in [4.78, 5) is 12.0. The molecule has 0 atom stereocenters. The quantitative estimate of drug-likeness (QED) is 0.414. The van der Waals surface area contributed by atoms with Crippen LogP contribution in [0.4, 0.5) is 4.79 Å². The number of sulfonamides is 1. The third kappa shape index (κ3) is 5.52. The van der Waals surface area contributed by atoms with E-state index in [1.54, 1.807) is 12.1 Å². The van der Waals surface area contributed by atoms with Crippen molar-refractivity contribution in [3.05, 3.63) is 102 Å². The van der Waals surface area contributed by atoms with E-state index in [0.717, 1.165) is 33.8 Å². The minimum Gasteiger partial charge on any atom is -0.448 e. The Labute approximate surface area is 199 Å². The second-order valence-electron chi connectivity index (χ2n) is 7.92. The van der Waals surface area contributed by atoms with Crippen molar-refractivity contribution in [2.75, 3.05) is 6.61 Å². The minimum atomic E-state index is -3.97. The second kappa shape index (κ2) is 9.93. The molecule has 3 aromatic carbocycles. The molecule has 174 valence electrons. The third-order valence-electron chi connectivity index (χ3n) is 5.25. The number of aryl methyl sites for hydroxylation is 2. The van der Waals surface area contributed by atoms with Gasteiger partial charge in [-0.2, -0.15) is 5.10 Å². The van der Waals surface area contributed by atoms with Crippen LogP contribution in [0.2, 0.25) is 0 Å². The fourth-order valence-electron chi connectivity index (χ4n) is 3.49. The molecule has 4 rings (SSSR count). The number of hydrogen-bond acceptors (Lipinski definition) is 5. The highest BCUT2D eigenvalue weighted by Gasteiger charge is 2.18. The molecule has 0 bridgehead atoms. The fraction of sp³-hybridized carbons (Fsp3) is 0.154. The molecule has 0 unspecified atom stereocenters. The second-order valence-corrected chi connectivity index (χ2v) is 9.60. The first kappa shape index (κ1) is 23.3. The van der Waals surface area contributed by atoms with Crippen LogP contribution in [-0.2, 0) is 21.2 Å². The largest absolute Gasteiger partial charge is 0.448 e. The normalized spacial score (nSPS) is 11.2. The summed E-state index contributed by atoms with van der Waals surface area (Å²) in [6.45, 7) is 3.85. The maximum atomic E-state index is 12.3. The van der Waals surface area contributed by atoms with Gasteiger partial charge in [0, 0.05) is 12.0 Å². The lowest BCUT2D eigenvalue weighted by Gasteiger charge is -2.10. The van der Waals surface area contributed by atoms with E-state index in [2.05, 4.69) is 5.10 Å². The highest BCUT2D eigenvalue weighted by atomic mass is 32.2. The first-order chi connectivity index (χ1) is 16.3. The molecule has 0 aliphatic carbocycles. The van der Waals surface area contributed by atoms with Gasteiger partial charge in [-0.1, -0.05) is 60.2 Å². The van der Waals surface area contributed by atoms with Crippen molar-refractivity contribution < 1.29 is 17.9 Å². The van der Waals surface area contributed by atoms with Crippen LogP contribution in [0, 0.1) is 13.8 Å². The molecule has 0 saturated carbocycles. The van der Waals surface area contributed by atoms with Crippen LogP contribution in [0.1, 0.15) is 16.8 Å². The Morgan fingerprint density at radius 1 is 0.941 bits per heavy atom. The summed E-state index contributed by atoms with van der Waals surface area (Å²) in [7, 11) is -3.97. The molecular weight excluding hydrogens is 450 g/mol. The number of benzene rings is 3. The average molecular weight is 476 g/mol. The summed E-state index contributed by atoms with van der Waals surface area (Å²) in [5.74, 6) is 0. The average Bonchev–Trinajstić information content (AvgIpc) is 3.22. The zero-order valence-corrected chi connectivity index (χ0v) is 19.7. The van der Waals surface area contributed by atoms with Crippen LogP contribution < -0.4 is 4.72 Å². The summed E-state index contributed by atoms with van der Waals surface area (Å²) in [6.07, 6.45) is -0.557. The first-order valence-corrected chi connectivity index (χ1v) is 12.3. The standard InChI is InChI=1S/C26H25N3O4S/c1-19-8-14-24(15-9-19)34(31,32)28-26(30)33-17-16-21-10-12-23(13-11-21)29-25(18-20(2)27-29)22-6-4-3-5-7-22/h3-15,18H,16-17H2,1-2H3,(H,28,30). The van der Waals surface area contributed by atoms with E-state index in [-0.39, 0.29) is 11.5 Å². The van der Waals surface area contributed by atoms with E-state index in [1.165, 1.54) is 12.1 Å². The van der Waals surface area contributed by atoms with Gasteiger partial charge < -0.3 is 4.74 Å². The molecule has 0 aliphatic heterocycles. The number of hydrogen-bond donors (Lipinski definition) is 1. The Bertz CT molecular complexity index is 1380. The van der Waals surface area contributed by atoms with Crippen LogP contribution in [0.3, 0.4) is 0 Å². The SMILES string of the molecule is Cc1ccc(S(=O)(=O)NC(=O)OCCc2ccc(-n3nc(C)cc3-c3ccccc3)cc2)cc1. The van der Waals surface area contributed by atoms with Crippen LogP contribution in [-0.4, -0.2) is 30.9 Å². The number of aromatic nitrogens is 2. The molecular formula is C26H25N3O4S. The van der Waals surface area contributed by atoms with Gasteiger partial charge in [0.1, 0.15) is 0 Å². The highest BCUT2D eigenvalue weighted by Crippen LogP contribution is 2.24. The molecule has 34 heavy (non-hydrogen) atoms. The van der Waals surface area contributed by atoms with Crippen LogP contribution in [0.25, 0.3) is 16.9 Å². The number of ether oxygens (including phenoxy) is 1. The molecule has 0 saturated heterocycles. The molecule has 1 heterocycles. The van der Waals surface area contributed by atoms with Crippen molar-refractivity contribution in [3.8, 4) is 16.9 Å². The number of carbonyl (C=O) groups is 1. The van der Waals surface area contributed by atoms with Crippen molar-refractivity contribution in [1.82, 2.24) is 14.5 Å². The summed E-state index contributed by atoms with van der Waals surface area (Å²) in [5, 5.41) is 4.62.